The van der Waals surface area contributed by atoms with Gasteiger partial charge in [-0.2, -0.15) is 5.26 Å². The van der Waals surface area contributed by atoms with Crippen molar-refractivity contribution >= 4 is 23.4 Å². The van der Waals surface area contributed by atoms with Crippen molar-refractivity contribution < 1.29 is 14.4 Å². The van der Waals surface area contributed by atoms with Gasteiger partial charge in [-0.25, -0.2) is 0 Å². The third-order valence-electron chi connectivity index (χ3n) is 6.93. The van der Waals surface area contributed by atoms with Crippen molar-refractivity contribution in [1.82, 2.24) is 9.80 Å². The topological polar surface area (TPSA) is 137 Å². The molecular formula is C21H24N6O3. The molecule has 4 N–H and O–H groups in total. The normalized spacial score (nSPS) is 32.8. The van der Waals surface area contributed by atoms with E-state index in [0.29, 0.717) is 36.7 Å². The van der Waals surface area contributed by atoms with Crippen molar-refractivity contribution in [1.29, 1.82) is 5.26 Å². The van der Waals surface area contributed by atoms with Crippen LogP contribution in [0.2, 0.25) is 0 Å². The van der Waals surface area contributed by atoms with Crippen LogP contribution in [0.3, 0.4) is 0 Å². The number of benzene rings is 1. The molecule has 1 aromatic rings. The fourth-order valence-corrected chi connectivity index (χ4v) is 5.42. The molecule has 4 fully saturated rings. The molecule has 0 radical (unpaired) electrons. The lowest BCUT2D eigenvalue weighted by molar-refractivity contribution is -0.135. The van der Waals surface area contributed by atoms with Crippen LogP contribution in [0.15, 0.2) is 24.3 Å². The van der Waals surface area contributed by atoms with E-state index in [1.54, 1.807) is 34.1 Å². The Kier molecular flexibility index (Phi) is 4.31. The van der Waals surface area contributed by atoms with Gasteiger partial charge in [0.2, 0.25) is 17.7 Å². The summed E-state index contributed by atoms with van der Waals surface area (Å²) in [5, 5.41) is 9.33. The van der Waals surface area contributed by atoms with Crippen LogP contribution in [0.4, 0.5) is 5.69 Å². The molecule has 0 spiro atoms. The SMILES string of the molecule is N#C[C@@H]1C[C@@H]2C[C@@H]2N1C(=O)[C@@H](N)CN1CC2C[C@@H]1C(=O)N2c1cccc(C(N)=O)c1. The zero-order chi connectivity index (χ0) is 21.2. The number of nitrogens with zero attached hydrogens (tertiary/aromatic N) is 4. The van der Waals surface area contributed by atoms with Crippen molar-refractivity contribution in [2.75, 3.05) is 18.0 Å². The second-order valence-electron chi connectivity index (χ2n) is 8.78. The molecule has 0 aromatic heterocycles. The van der Waals surface area contributed by atoms with Crippen molar-refractivity contribution in [3.63, 3.8) is 0 Å². The van der Waals surface area contributed by atoms with Crippen LogP contribution in [0.1, 0.15) is 29.6 Å². The summed E-state index contributed by atoms with van der Waals surface area (Å²) in [6.07, 6.45) is 2.37. The van der Waals surface area contributed by atoms with Gasteiger partial charge in [-0.05, 0) is 43.4 Å². The Morgan fingerprint density at radius 3 is 2.77 bits per heavy atom. The zero-order valence-corrected chi connectivity index (χ0v) is 16.5. The summed E-state index contributed by atoms with van der Waals surface area (Å²) in [5.74, 6) is -0.325. The Balaban J connectivity index is 1.26. The molecule has 30 heavy (non-hydrogen) atoms. The molecule has 3 saturated heterocycles. The predicted octanol–water partition coefficient (Wildman–Crippen LogP) is -0.585. The maximum atomic E-state index is 13.0. The number of hydrogen-bond donors (Lipinski definition) is 2. The average molecular weight is 408 g/mol. The predicted molar refractivity (Wildman–Crippen MR) is 107 cm³/mol. The lowest BCUT2D eigenvalue weighted by Crippen LogP contribution is -2.57. The van der Waals surface area contributed by atoms with Gasteiger partial charge in [-0.15, -0.1) is 0 Å². The number of rotatable bonds is 5. The Morgan fingerprint density at radius 1 is 1.27 bits per heavy atom. The van der Waals surface area contributed by atoms with Gasteiger partial charge in [0.05, 0.1) is 24.2 Å². The number of nitrogens with two attached hydrogens (primary N) is 2. The minimum absolute atomic E-state index is 0.0283. The molecule has 1 aromatic carbocycles. The molecule has 1 unspecified atom stereocenters. The first-order valence-corrected chi connectivity index (χ1v) is 10.3. The van der Waals surface area contributed by atoms with Gasteiger partial charge in [0.1, 0.15) is 6.04 Å². The molecular weight excluding hydrogens is 384 g/mol. The van der Waals surface area contributed by atoms with Gasteiger partial charge in [0.15, 0.2) is 0 Å². The van der Waals surface area contributed by atoms with E-state index in [1.807, 2.05) is 4.90 Å². The standard InChI is InChI=1S/C21H24N6O3/c22-8-14-5-12-6-17(12)27(14)20(29)16(23)10-25-9-15-7-18(25)21(30)26(15)13-3-1-2-11(4-13)19(24)28/h1-4,12,14-18H,5-7,9-10,23H2,(H2,24,28)/t12-,14+,15?,16+,17+,18-/m1/s1. The summed E-state index contributed by atoms with van der Waals surface area (Å²) >= 11 is 0. The van der Waals surface area contributed by atoms with E-state index in [0.717, 1.165) is 12.8 Å². The molecule has 156 valence electrons. The van der Waals surface area contributed by atoms with Crippen LogP contribution in [-0.4, -0.2) is 70.8 Å². The highest BCUT2D eigenvalue weighted by atomic mass is 16.2. The molecule has 3 heterocycles. The van der Waals surface area contributed by atoms with Crippen LogP contribution in [0.5, 0.6) is 0 Å². The van der Waals surface area contributed by atoms with Crippen LogP contribution in [0, 0.1) is 17.2 Å². The maximum Gasteiger partial charge on any atom is 0.248 e. The summed E-state index contributed by atoms with van der Waals surface area (Å²) in [7, 11) is 0. The summed E-state index contributed by atoms with van der Waals surface area (Å²) < 4.78 is 0. The van der Waals surface area contributed by atoms with Crippen LogP contribution in [0.25, 0.3) is 0 Å². The number of amides is 3. The van der Waals surface area contributed by atoms with E-state index >= 15 is 0 Å². The Bertz CT molecular complexity index is 974. The molecule has 5 rings (SSSR count). The minimum Gasteiger partial charge on any atom is -0.366 e. The van der Waals surface area contributed by atoms with Crippen LogP contribution >= 0.6 is 0 Å². The number of carbonyl (C=O) groups excluding carboxylic acids is 3. The lowest BCUT2D eigenvalue weighted by Gasteiger charge is -2.35. The second-order valence-corrected chi connectivity index (χ2v) is 8.78. The molecule has 3 amide bonds. The molecule has 4 aliphatic rings. The van der Waals surface area contributed by atoms with Gasteiger partial charge in [0.25, 0.3) is 0 Å². The van der Waals surface area contributed by atoms with Gasteiger partial charge in [-0.1, -0.05) is 6.07 Å². The number of piperazine rings is 1. The molecule has 1 aliphatic carbocycles. The Morgan fingerprint density at radius 2 is 2.07 bits per heavy atom. The number of fused-ring (bicyclic) bond motifs is 3. The van der Waals surface area contributed by atoms with Gasteiger partial charge in [-0.3, -0.25) is 19.3 Å². The van der Waals surface area contributed by atoms with Crippen molar-refractivity contribution in [3.8, 4) is 6.07 Å². The van der Waals surface area contributed by atoms with E-state index in [2.05, 4.69) is 6.07 Å². The quantitative estimate of drug-likeness (QED) is 0.668. The van der Waals surface area contributed by atoms with Gasteiger partial charge >= 0.3 is 0 Å². The number of hydrogen-bond acceptors (Lipinski definition) is 6. The van der Waals surface area contributed by atoms with Gasteiger partial charge in [0, 0.05) is 30.4 Å². The highest BCUT2D eigenvalue weighted by Gasteiger charge is 2.55. The second kappa shape index (κ2) is 6.79. The van der Waals surface area contributed by atoms with Crippen LogP contribution < -0.4 is 16.4 Å². The lowest BCUT2D eigenvalue weighted by atomic mass is 10.1. The first kappa shape index (κ1) is 19.0. The average Bonchev–Trinajstić information content (AvgIpc) is 3.07. The summed E-state index contributed by atoms with van der Waals surface area (Å²) in [5.41, 5.74) is 12.6. The number of piperidine rings is 1. The van der Waals surface area contributed by atoms with Crippen molar-refractivity contribution in [2.45, 2.75) is 49.5 Å². The number of anilines is 1. The Labute approximate surface area is 174 Å². The third kappa shape index (κ3) is 2.87. The number of carbonyl (C=O) groups is 3. The highest BCUT2D eigenvalue weighted by molar-refractivity contribution is 6.02. The smallest absolute Gasteiger partial charge is 0.248 e. The first-order chi connectivity index (χ1) is 14.4. The molecule has 6 atom stereocenters. The Hall–Kier alpha value is -2.96. The third-order valence-corrected chi connectivity index (χ3v) is 6.93. The molecule has 2 bridgehead atoms. The monoisotopic (exact) mass is 408 g/mol. The number of primary amides is 1. The maximum absolute atomic E-state index is 13.0. The van der Waals surface area contributed by atoms with Gasteiger partial charge < -0.3 is 21.3 Å². The van der Waals surface area contributed by atoms with Crippen LogP contribution in [-0.2, 0) is 9.59 Å². The summed E-state index contributed by atoms with van der Waals surface area (Å²) in [6.45, 7) is 0.916. The minimum atomic E-state index is -0.751. The fraction of sp³-hybridized carbons (Fsp3) is 0.524. The molecule has 1 saturated carbocycles. The van der Waals surface area contributed by atoms with E-state index in [4.69, 9.17) is 11.5 Å². The van der Waals surface area contributed by atoms with E-state index < -0.39 is 11.9 Å². The summed E-state index contributed by atoms with van der Waals surface area (Å²) in [6, 6.07) is 7.67. The molecule has 9 heteroatoms. The molecule has 9 nitrogen and oxygen atoms in total. The summed E-state index contributed by atoms with van der Waals surface area (Å²) in [4.78, 5) is 42.8. The zero-order valence-electron chi connectivity index (χ0n) is 16.5. The molecule has 3 aliphatic heterocycles. The van der Waals surface area contributed by atoms with E-state index in [1.165, 1.54) is 0 Å². The van der Waals surface area contributed by atoms with E-state index in [9.17, 15) is 19.6 Å². The largest absolute Gasteiger partial charge is 0.366 e. The highest BCUT2D eigenvalue weighted by Crippen LogP contribution is 2.47. The number of nitriles is 1. The number of likely N-dealkylation sites (tertiary alicyclic amines) is 2. The fourth-order valence-electron chi connectivity index (χ4n) is 5.42. The van der Waals surface area contributed by atoms with Crippen molar-refractivity contribution in [3.05, 3.63) is 29.8 Å². The first-order valence-electron chi connectivity index (χ1n) is 10.3. The van der Waals surface area contributed by atoms with E-state index in [-0.39, 0.29) is 36.0 Å². The van der Waals surface area contributed by atoms with Crippen molar-refractivity contribution in [2.24, 2.45) is 17.4 Å².